The Morgan fingerprint density at radius 1 is 1.50 bits per heavy atom. The number of hydrogen-bond acceptors (Lipinski definition) is 3. The highest BCUT2D eigenvalue weighted by Crippen LogP contribution is 2.29. The van der Waals surface area contributed by atoms with Gasteiger partial charge in [0.05, 0.1) is 5.41 Å². The molecule has 0 unspecified atom stereocenters. The Hall–Kier alpha value is -0.610. The minimum absolute atomic E-state index is 0.179. The maximum Gasteiger partial charge on any atom is 0.229 e. The maximum absolute atomic E-state index is 12.6. The molecule has 1 amide bonds. The second-order valence-corrected chi connectivity index (χ2v) is 6.41. The SMILES string of the molecule is C[C@@H]1C[C@@H](N(C)C(=O)[C@]2(C)CCNC2)CCN1C. The molecule has 0 radical (unpaired) electrons. The molecule has 2 rings (SSSR count). The average Bonchev–Trinajstić information content (AvgIpc) is 2.79. The minimum atomic E-state index is -0.179. The van der Waals surface area contributed by atoms with Crippen LogP contribution in [0.2, 0.25) is 0 Å². The van der Waals surface area contributed by atoms with Crippen LogP contribution in [-0.2, 0) is 4.79 Å². The Morgan fingerprint density at radius 2 is 2.22 bits per heavy atom. The summed E-state index contributed by atoms with van der Waals surface area (Å²) in [6, 6.07) is 0.995. The summed E-state index contributed by atoms with van der Waals surface area (Å²) >= 11 is 0. The molecule has 0 aromatic heterocycles. The van der Waals surface area contributed by atoms with Crippen LogP contribution in [0.25, 0.3) is 0 Å². The van der Waals surface area contributed by atoms with E-state index in [0.29, 0.717) is 18.0 Å². The molecular formula is C14H27N3O. The first-order valence-corrected chi connectivity index (χ1v) is 7.12. The Labute approximate surface area is 111 Å². The fourth-order valence-corrected chi connectivity index (χ4v) is 3.21. The number of likely N-dealkylation sites (tertiary alicyclic amines) is 1. The first-order chi connectivity index (χ1) is 8.44. The van der Waals surface area contributed by atoms with Crippen LogP contribution in [0, 0.1) is 5.41 Å². The molecule has 0 aromatic rings. The summed E-state index contributed by atoms with van der Waals surface area (Å²) in [7, 11) is 4.17. The lowest BCUT2D eigenvalue weighted by atomic mass is 9.86. The van der Waals surface area contributed by atoms with E-state index in [1.807, 2.05) is 11.9 Å². The van der Waals surface area contributed by atoms with E-state index in [1.54, 1.807) is 0 Å². The highest BCUT2D eigenvalue weighted by atomic mass is 16.2. The highest BCUT2D eigenvalue weighted by Gasteiger charge is 2.40. The van der Waals surface area contributed by atoms with Crippen molar-refractivity contribution >= 4 is 5.91 Å². The largest absolute Gasteiger partial charge is 0.342 e. The van der Waals surface area contributed by atoms with Crippen LogP contribution in [0.15, 0.2) is 0 Å². The third-order valence-electron chi connectivity index (χ3n) is 4.93. The fraction of sp³-hybridized carbons (Fsp3) is 0.929. The highest BCUT2D eigenvalue weighted by molar-refractivity contribution is 5.83. The summed E-state index contributed by atoms with van der Waals surface area (Å²) in [5.74, 6) is 0.328. The number of carbonyl (C=O) groups excluding carboxylic acids is 1. The van der Waals surface area contributed by atoms with E-state index in [9.17, 15) is 4.79 Å². The minimum Gasteiger partial charge on any atom is -0.342 e. The molecule has 18 heavy (non-hydrogen) atoms. The van der Waals surface area contributed by atoms with Gasteiger partial charge in [0.25, 0.3) is 0 Å². The van der Waals surface area contributed by atoms with Gasteiger partial charge >= 0.3 is 0 Å². The lowest BCUT2D eigenvalue weighted by molar-refractivity contribution is -0.142. The molecule has 2 fully saturated rings. The first kappa shape index (κ1) is 13.8. The van der Waals surface area contributed by atoms with Gasteiger partial charge in [-0.15, -0.1) is 0 Å². The molecule has 0 spiro atoms. The molecule has 2 aliphatic heterocycles. The van der Waals surface area contributed by atoms with Crippen molar-refractivity contribution in [3.05, 3.63) is 0 Å². The number of piperidine rings is 1. The number of amides is 1. The molecule has 104 valence electrons. The van der Waals surface area contributed by atoms with Crippen LogP contribution >= 0.6 is 0 Å². The molecule has 0 aliphatic carbocycles. The normalized spacial score (nSPS) is 37.8. The van der Waals surface area contributed by atoms with Crippen molar-refractivity contribution in [3.63, 3.8) is 0 Å². The molecule has 2 aliphatic rings. The van der Waals surface area contributed by atoms with E-state index in [0.717, 1.165) is 38.9 Å². The van der Waals surface area contributed by atoms with Gasteiger partial charge in [-0.2, -0.15) is 0 Å². The van der Waals surface area contributed by atoms with Crippen LogP contribution in [0.4, 0.5) is 0 Å². The van der Waals surface area contributed by atoms with E-state index in [2.05, 4.69) is 31.1 Å². The molecule has 4 nitrogen and oxygen atoms in total. The Kier molecular flexibility index (Phi) is 3.97. The maximum atomic E-state index is 12.6. The van der Waals surface area contributed by atoms with E-state index in [-0.39, 0.29) is 5.41 Å². The van der Waals surface area contributed by atoms with Gasteiger partial charge in [0.15, 0.2) is 0 Å². The molecule has 0 bridgehead atoms. The summed E-state index contributed by atoms with van der Waals surface area (Å²) < 4.78 is 0. The summed E-state index contributed by atoms with van der Waals surface area (Å²) in [5, 5.41) is 3.31. The van der Waals surface area contributed by atoms with Gasteiger partial charge in [-0.25, -0.2) is 0 Å². The van der Waals surface area contributed by atoms with Gasteiger partial charge in [-0.1, -0.05) is 0 Å². The van der Waals surface area contributed by atoms with Crippen molar-refractivity contribution in [2.45, 2.75) is 45.2 Å². The Bertz CT molecular complexity index is 312. The van der Waals surface area contributed by atoms with E-state index in [1.165, 1.54) is 0 Å². The summed E-state index contributed by atoms with van der Waals surface area (Å²) in [6.45, 7) is 7.25. The van der Waals surface area contributed by atoms with Crippen molar-refractivity contribution in [2.24, 2.45) is 5.41 Å². The van der Waals surface area contributed by atoms with Crippen molar-refractivity contribution in [2.75, 3.05) is 33.7 Å². The van der Waals surface area contributed by atoms with Crippen LogP contribution in [0.5, 0.6) is 0 Å². The topological polar surface area (TPSA) is 35.6 Å². The molecule has 2 heterocycles. The summed E-state index contributed by atoms with van der Waals surface area (Å²) in [4.78, 5) is 17.0. The molecule has 4 heteroatoms. The van der Waals surface area contributed by atoms with Crippen molar-refractivity contribution < 1.29 is 4.79 Å². The molecule has 3 atom stereocenters. The zero-order valence-corrected chi connectivity index (χ0v) is 12.2. The molecular weight excluding hydrogens is 226 g/mol. The van der Waals surface area contributed by atoms with Gasteiger partial charge < -0.3 is 15.1 Å². The number of carbonyl (C=O) groups is 1. The van der Waals surface area contributed by atoms with Crippen molar-refractivity contribution in [3.8, 4) is 0 Å². The number of nitrogens with zero attached hydrogens (tertiary/aromatic N) is 2. The van der Waals surface area contributed by atoms with Crippen molar-refractivity contribution in [1.29, 1.82) is 0 Å². The van der Waals surface area contributed by atoms with Crippen LogP contribution in [-0.4, -0.2) is 61.5 Å². The monoisotopic (exact) mass is 253 g/mol. The van der Waals surface area contributed by atoms with Crippen LogP contribution in [0.3, 0.4) is 0 Å². The first-order valence-electron chi connectivity index (χ1n) is 7.12. The molecule has 0 saturated carbocycles. The van der Waals surface area contributed by atoms with Gasteiger partial charge in [-0.3, -0.25) is 4.79 Å². The van der Waals surface area contributed by atoms with Crippen LogP contribution < -0.4 is 5.32 Å². The quantitative estimate of drug-likeness (QED) is 0.795. The van der Waals surface area contributed by atoms with E-state index >= 15 is 0 Å². The van der Waals surface area contributed by atoms with E-state index < -0.39 is 0 Å². The lowest BCUT2D eigenvalue weighted by Gasteiger charge is -2.41. The summed E-state index contributed by atoms with van der Waals surface area (Å²) in [6.07, 6.45) is 3.17. The van der Waals surface area contributed by atoms with Gasteiger partial charge in [0.2, 0.25) is 5.91 Å². The number of nitrogens with one attached hydrogen (secondary N) is 1. The third kappa shape index (κ3) is 2.54. The fourth-order valence-electron chi connectivity index (χ4n) is 3.21. The molecule has 1 N–H and O–H groups in total. The Morgan fingerprint density at radius 3 is 2.78 bits per heavy atom. The van der Waals surface area contributed by atoms with Gasteiger partial charge in [0, 0.05) is 32.2 Å². The molecule has 0 aromatic carbocycles. The predicted molar refractivity (Wildman–Crippen MR) is 73.5 cm³/mol. The number of rotatable bonds is 2. The van der Waals surface area contributed by atoms with Gasteiger partial charge in [0.1, 0.15) is 0 Å². The van der Waals surface area contributed by atoms with Gasteiger partial charge in [-0.05, 0) is 46.7 Å². The zero-order valence-electron chi connectivity index (χ0n) is 12.2. The van der Waals surface area contributed by atoms with Crippen LogP contribution in [0.1, 0.15) is 33.1 Å². The Balaban J connectivity index is 1.98. The summed E-state index contributed by atoms with van der Waals surface area (Å²) in [5.41, 5.74) is -0.179. The lowest BCUT2D eigenvalue weighted by Crippen LogP contribution is -2.51. The average molecular weight is 253 g/mol. The second-order valence-electron chi connectivity index (χ2n) is 6.41. The van der Waals surface area contributed by atoms with E-state index in [4.69, 9.17) is 0 Å². The third-order valence-corrected chi connectivity index (χ3v) is 4.93. The zero-order chi connectivity index (χ0) is 13.3. The molecule has 2 saturated heterocycles. The van der Waals surface area contributed by atoms with Crippen molar-refractivity contribution in [1.82, 2.24) is 15.1 Å². The smallest absolute Gasteiger partial charge is 0.229 e. The standard InChI is InChI=1S/C14H27N3O/c1-11-9-12(5-8-16(11)3)17(4)13(18)14(2)6-7-15-10-14/h11-12,15H,5-10H2,1-4H3/t11-,12+,14-/m1/s1. The number of hydrogen-bond donors (Lipinski definition) is 1. The second kappa shape index (κ2) is 5.17. The predicted octanol–water partition coefficient (Wildman–Crippen LogP) is 0.927.